The van der Waals surface area contributed by atoms with E-state index in [4.69, 9.17) is 5.11 Å². The van der Waals surface area contributed by atoms with E-state index in [0.29, 0.717) is 11.1 Å². The van der Waals surface area contributed by atoms with Crippen molar-refractivity contribution in [3.05, 3.63) is 75.8 Å². The van der Waals surface area contributed by atoms with Crippen molar-refractivity contribution < 1.29 is 24.6 Å². The lowest BCUT2D eigenvalue weighted by molar-refractivity contribution is -0.146. The standard InChI is InChI=1S/C19H14BrNO5/c20-13-8-6-12(7-9-13)17(24)15-16(11-4-2-1-3-5-11)21(10-14(22)23)19(26)18(15)25/h1-9,16,24H,10H2,(H,22,23)/b17-15+. The van der Waals surface area contributed by atoms with Gasteiger partial charge in [-0.05, 0) is 17.7 Å². The maximum absolute atomic E-state index is 12.6. The number of halogens is 1. The SMILES string of the molecule is O=C(O)CN1C(=O)C(=O)/C(=C(/O)c2ccc(Br)cc2)C1c1ccccc1. The van der Waals surface area contributed by atoms with Gasteiger partial charge in [-0.25, -0.2) is 0 Å². The number of carbonyl (C=O) groups is 3. The second-order valence-corrected chi connectivity index (χ2v) is 6.65. The molecule has 2 aromatic rings. The van der Waals surface area contributed by atoms with Crippen molar-refractivity contribution in [3.8, 4) is 0 Å². The monoisotopic (exact) mass is 415 g/mol. The Kier molecular flexibility index (Phi) is 4.90. The molecule has 0 saturated carbocycles. The summed E-state index contributed by atoms with van der Waals surface area (Å²) >= 11 is 3.29. The minimum atomic E-state index is -1.24. The second kappa shape index (κ2) is 7.13. The van der Waals surface area contributed by atoms with E-state index in [1.54, 1.807) is 54.6 Å². The van der Waals surface area contributed by atoms with E-state index in [1.807, 2.05) is 0 Å². The van der Waals surface area contributed by atoms with Crippen LogP contribution in [0.1, 0.15) is 17.2 Å². The highest BCUT2D eigenvalue weighted by Gasteiger charge is 2.46. The molecule has 0 aromatic heterocycles. The lowest BCUT2D eigenvalue weighted by atomic mass is 9.95. The molecule has 1 amide bonds. The molecular formula is C19H14BrNO5. The molecule has 3 rings (SSSR count). The van der Waals surface area contributed by atoms with Crippen LogP contribution in [0.15, 0.2) is 64.6 Å². The summed E-state index contributed by atoms with van der Waals surface area (Å²) in [5.74, 6) is -3.42. The van der Waals surface area contributed by atoms with Gasteiger partial charge in [0.2, 0.25) is 0 Å². The van der Waals surface area contributed by atoms with Crippen LogP contribution in [-0.4, -0.2) is 39.3 Å². The predicted octanol–water partition coefficient (Wildman–Crippen LogP) is 2.96. The van der Waals surface area contributed by atoms with Crippen molar-refractivity contribution in [2.24, 2.45) is 0 Å². The maximum atomic E-state index is 12.6. The molecule has 1 aliphatic rings. The summed E-state index contributed by atoms with van der Waals surface area (Å²) in [6.45, 7) is -0.638. The molecule has 2 aromatic carbocycles. The zero-order valence-corrected chi connectivity index (χ0v) is 15.0. The number of hydrogen-bond acceptors (Lipinski definition) is 4. The molecule has 0 radical (unpaired) electrons. The van der Waals surface area contributed by atoms with Gasteiger partial charge in [0.25, 0.3) is 11.7 Å². The molecule has 26 heavy (non-hydrogen) atoms. The summed E-state index contributed by atoms with van der Waals surface area (Å²) in [6.07, 6.45) is 0. The van der Waals surface area contributed by atoms with Gasteiger partial charge in [-0.15, -0.1) is 0 Å². The number of likely N-dealkylation sites (tertiary alicyclic amines) is 1. The lowest BCUT2D eigenvalue weighted by Gasteiger charge is -2.23. The maximum Gasteiger partial charge on any atom is 0.323 e. The summed E-state index contributed by atoms with van der Waals surface area (Å²) < 4.78 is 0.792. The predicted molar refractivity (Wildman–Crippen MR) is 97.2 cm³/mol. The number of rotatable bonds is 4. The molecule has 1 heterocycles. The van der Waals surface area contributed by atoms with E-state index in [1.165, 1.54) is 0 Å². The van der Waals surface area contributed by atoms with Crippen molar-refractivity contribution in [2.75, 3.05) is 6.54 Å². The fraction of sp³-hybridized carbons (Fsp3) is 0.105. The van der Waals surface area contributed by atoms with Gasteiger partial charge in [-0.1, -0.05) is 58.4 Å². The van der Waals surface area contributed by atoms with E-state index in [2.05, 4.69) is 15.9 Å². The quantitative estimate of drug-likeness (QED) is 0.454. The molecule has 132 valence electrons. The largest absolute Gasteiger partial charge is 0.507 e. The molecule has 1 aliphatic heterocycles. The Bertz CT molecular complexity index is 905. The molecule has 1 saturated heterocycles. The molecule has 0 spiro atoms. The summed E-state index contributed by atoms with van der Waals surface area (Å²) in [4.78, 5) is 37.1. The number of aliphatic hydroxyl groups excluding tert-OH is 1. The normalized spacial score (nSPS) is 19.0. The van der Waals surface area contributed by atoms with Crippen LogP contribution in [0.5, 0.6) is 0 Å². The third-order valence-corrected chi connectivity index (χ3v) is 4.61. The fourth-order valence-corrected chi connectivity index (χ4v) is 3.20. The van der Waals surface area contributed by atoms with Gasteiger partial charge in [0.1, 0.15) is 12.3 Å². The van der Waals surface area contributed by atoms with Crippen LogP contribution in [0.3, 0.4) is 0 Å². The first kappa shape index (κ1) is 17.9. The van der Waals surface area contributed by atoms with Crippen molar-refractivity contribution >= 4 is 39.3 Å². The van der Waals surface area contributed by atoms with Crippen LogP contribution in [0, 0.1) is 0 Å². The van der Waals surface area contributed by atoms with Gasteiger partial charge in [-0.2, -0.15) is 0 Å². The molecule has 0 bridgehead atoms. The van der Waals surface area contributed by atoms with E-state index >= 15 is 0 Å². The zero-order valence-electron chi connectivity index (χ0n) is 13.4. The summed E-state index contributed by atoms with van der Waals surface area (Å²) in [6, 6.07) is 14.2. The minimum absolute atomic E-state index is 0.121. The number of aliphatic carboxylic acids is 1. The van der Waals surface area contributed by atoms with Gasteiger partial charge in [0.15, 0.2) is 0 Å². The second-order valence-electron chi connectivity index (χ2n) is 5.74. The smallest absolute Gasteiger partial charge is 0.323 e. The van der Waals surface area contributed by atoms with Crippen LogP contribution in [0.4, 0.5) is 0 Å². The minimum Gasteiger partial charge on any atom is -0.507 e. The average molecular weight is 416 g/mol. The zero-order chi connectivity index (χ0) is 18.8. The van der Waals surface area contributed by atoms with Gasteiger partial charge in [0.05, 0.1) is 11.6 Å². The van der Waals surface area contributed by atoms with Gasteiger partial charge >= 0.3 is 5.97 Å². The van der Waals surface area contributed by atoms with Crippen molar-refractivity contribution in [3.63, 3.8) is 0 Å². The van der Waals surface area contributed by atoms with Crippen LogP contribution >= 0.6 is 15.9 Å². The summed E-state index contributed by atoms with van der Waals surface area (Å²) in [5, 5.41) is 19.8. The Morgan fingerprint density at radius 2 is 1.62 bits per heavy atom. The molecule has 7 heteroatoms. The van der Waals surface area contributed by atoms with E-state index < -0.39 is 30.2 Å². The highest BCUT2D eigenvalue weighted by molar-refractivity contribution is 9.10. The Morgan fingerprint density at radius 3 is 2.19 bits per heavy atom. The topological polar surface area (TPSA) is 94.9 Å². The molecule has 1 unspecified atom stereocenters. The van der Waals surface area contributed by atoms with E-state index in [-0.39, 0.29) is 11.3 Å². The fourth-order valence-electron chi connectivity index (χ4n) is 2.93. The van der Waals surface area contributed by atoms with Crippen LogP contribution < -0.4 is 0 Å². The van der Waals surface area contributed by atoms with Gasteiger partial charge in [0, 0.05) is 10.0 Å². The van der Waals surface area contributed by atoms with Crippen molar-refractivity contribution in [1.29, 1.82) is 0 Å². The first-order valence-electron chi connectivity index (χ1n) is 7.71. The van der Waals surface area contributed by atoms with Crippen molar-refractivity contribution in [2.45, 2.75) is 6.04 Å². The first-order chi connectivity index (χ1) is 12.4. The highest BCUT2D eigenvalue weighted by Crippen LogP contribution is 2.39. The third kappa shape index (κ3) is 3.25. The molecule has 6 nitrogen and oxygen atoms in total. The summed E-state index contributed by atoms with van der Waals surface area (Å²) in [7, 11) is 0. The Labute approximate surface area is 157 Å². The Balaban J connectivity index is 2.18. The Morgan fingerprint density at radius 1 is 1.00 bits per heavy atom. The number of nitrogens with zero attached hydrogens (tertiary/aromatic N) is 1. The average Bonchev–Trinajstić information content (AvgIpc) is 2.87. The number of hydrogen-bond donors (Lipinski definition) is 2. The lowest BCUT2D eigenvalue weighted by Crippen LogP contribution is -2.34. The van der Waals surface area contributed by atoms with Crippen LogP contribution in [-0.2, 0) is 14.4 Å². The van der Waals surface area contributed by atoms with E-state index in [9.17, 15) is 19.5 Å². The van der Waals surface area contributed by atoms with Crippen LogP contribution in [0.25, 0.3) is 5.76 Å². The Hall–Kier alpha value is -2.93. The van der Waals surface area contributed by atoms with Gasteiger partial charge < -0.3 is 15.1 Å². The molecular weight excluding hydrogens is 402 g/mol. The van der Waals surface area contributed by atoms with Crippen molar-refractivity contribution in [1.82, 2.24) is 4.90 Å². The number of aliphatic hydroxyl groups is 1. The molecule has 1 fully saturated rings. The van der Waals surface area contributed by atoms with Gasteiger partial charge in [-0.3, -0.25) is 14.4 Å². The number of carboxylic acids is 1. The number of benzene rings is 2. The molecule has 1 atom stereocenters. The first-order valence-corrected chi connectivity index (χ1v) is 8.50. The summed E-state index contributed by atoms with van der Waals surface area (Å²) in [5.41, 5.74) is 0.791. The van der Waals surface area contributed by atoms with E-state index in [0.717, 1.165) is 9.37 Å². The molecule has 2 N–H and O–H groups in total. The number of carboxylic acid groups (broad SMARTS) is 1. The molecule has 0 aliphatic carbocycles. The number of ketones is 1. The van der Waals surface area contributed by atoms with Crippen LogP contribution in [0.2, 0.25) is 0 Å². The number of Topliss-reactive ketones (excluding diaryl/α,β-unsaturated/α-hetero) is 1. The highest BCUT2D eigenvalue weighted by atomic mass is 79.9. The number of carbonyl (C=O) groups excluding carboxylic acids is 2. The number of amides is 1. The third-order valence-electron chi connectivity index (χ3n) is 4.08.